The van der Waals surface area contributed by atoms with E-state index in [1.807, 2.05) is 26.0 Å². The van der Waals surface area contributed by atoms with Crippen LogP contribution in [0.15, 0.2) is 58.0 Å². The van der Waals surface area contributed by atoms with Crippen molar-refractivity contribution in [2.45, 2.75) is 20.8 Å². The van der Waals surface area contributed by atoms with Crippen molar-refractivity contribution in [2.75, 3.05) is 5.32 Å². The zero-order chi connectivity index (χ0) is 22.4. The van der Waals surface area contributed by atoms with Gasteiger partial charge in [-0.25, -0.2) is 14.6 Å². The summed E-state index contributed by atoms with van der Waals surface area (Å²) >= 11 is 3.21. The van der Waals surface area contributed by atoms with Crippen LogP contribution in [0.2, 0.25) is 0 Å². The first-order chi connectivity index (χ1) is 15.4. The number of nitrogens with zero attached hydrogens (tertiary/aromatic N) is 6. The van der Waals surface area contributed by atoms with E-state index in [-0.39, 0.29) is 5.76 Å². The molecule has 5 aromatic rings. The number of aromatic nitrogens is 6. The molecule has 1 aromatic carbocycles. The zero-order valence-electron chi connectivity index (χ0n) is 17.5. The number of benzene rings is 1. The van der Waals surface area contributed by atoms with Gasteiger partial charge in [-0.15, -0.1) is 0 Å². The van der Waals surface area contributed by atoms with Crippen LogP contribution in [0, 0.1) is 20.8 Å². The maximum Gasteiger partial charge on any atom is 0.292 e. The topological polar surface area (TPSA) is 104 Å². The number of hydrogen-bond donors (Lipinski definition) is 1. The minimum Gasteiger partial charge on any atom is -0.444 e. The molecule has 4 heterocycles. The Bertz CT molecular complexity index is 1480. The molecule has 160 valence electrons. The highest BCUT2D eigenvalue weighted by atomic mass is 79.9. The van der Waals surface area contributed by atoms with Gasteiger partial charge in [0.05, 0.1) is 23.0 Å². The summed E-state index contributed by atoms with van der Waals surface area (Å²) in [6.07, 6.45) is 3.17. The Kier molecular flexibility index (Phi) is 4.86. The van der Waals surface area contributed by atoms with E-state index in [1.54, 1.807) is 33.8 Å². The van der Waals surface area contributed by atoms with Crippen LogP contribution in [0.4, 0.5) is 5.82 Å². The quantitative estimate of drug-likeness (QED) is 0.395. The van der Waals surface area contributed by atoms with Gasteiger partial charge in [-0.2, -0.15) is 14.9 Å². The maximum absolute atomic E-state index is 12.6. The standard InChI is InChI=1S/C22H18BrN7O2/c1-12-4-5-16(13(2)8-12)29-20-15(10-26-29)21(25-11-24-20)30-19(9-14(3)28-30)27-22(31)17-6-7-18(23)32-17/h4-11H,1-3H3,(H,27,31). The molecule has 4 aromatic heterocycles. The molecule has 0 spiro atoms. The summed E-state index contributed by atoms with van der Waals surface area (Å²) in [6.45, 7) is 5.93. The number of hydrogen-bond acceptors (Lipinski definition) is 6. The normalized spacial score (nSPS) is 11.2. The number of carbonyl (C=O) groups excluding carboxylic acids is 1. The molecular formula is C22H18BrN7O2. The van der Waals surface area contributed by atoms with E-state index >= 15 is 0 Å². The first-order valence-electron chi connectivity index (χ1n) is 9.81. The monoisotopic (exact) mass is 491 g/mol. The molecule has 0 saturated carbocycles. The smallest absolute Gasteiger partial charge is 0.292 e. The predicted octanol–water partition coefficient (Wildman–Crippen LogP) is 4.53. The first-order valence-corrected chi connectivity index (χ1v) is 10.6. The molecule has 5 rings (SSSR count). The Morgan fingerprint density at radius 3 is 2.66 bits per heavy atom. The van der Waals surface area contributed by atoms with Crippen molar-refractivity contribution in [1.29, 1.82) is 0 Å². The lowest BCUT2D eigenvalue weighted by molar-refractivity contribution is 0.0994. The van der Waals surface area contributed by atoms with Gasteiger partial charge in [0.15, 0.2) is 21.9 Å². The summed E-state index contributed by atoms with van der Waals surface area (Å²) in [5.74, 6) is 0.750. The van der Waals surface area contributed by atoms with Crippen molar-refractivity contribution in [2.24, 2.45) is 0 Å². The van der Waals surface area contributed by atoms with Gasteiger partial charge in [0.1, 0.15) is 12.1 Å². The second-order valence-corrected chi connectivity index (χ2v) is 8.20. The third kappa shape index (κ3) is 3.48. The number of rotatable bonds is 4. The fourth-order valence-corrected chi connectivity index (χ4v) is 3.89. The molecule has 32 heavy (non-hydrogen) atoms. The molecule has 0 fully saturated rings. The summed E-state index contributed by atoms with van der Waals surface area (Å²) in [5.41, 5.74) is 4.55. The average Bonchev–Trinajstić information content (AvgIpc) is 3.46. The van der Waals surface area contributed by atoms with Crippen molar-refractivity contribution >= 4 is 38.7 Å². The van der Waals surface area contributed by atoms with E-state index in [4.69, 9.17) is 4.42 Å². The second-order valence-electron chi connectivity index (χ2n) is 7.42. The van der Waals surface area contributed by atoms with E-state index < -0.39 is 5.91 Å². The molecule has 0 unspecified atom stereocenters. The molecule has 1 amide bonds. The molecule has 0 saturated heterocycles. The number of nitrogens with one attached hydrogen (secondary N) is 1. The van der Waals surface area contributed by atoms with Crippen molar-refractivity contribution in [3.8, 4) is 11.5 Å². The highest BCUT2D eigenvalue weighted by Crippen LogP contribution is 2.26. The maximum atomic E-state index is 12.6. The number of carbonyl (C=O) groups is 1. The number of halogens is 1. The van der Waals surface area contributed by atoms with Gasteiger partial charge in [-0.3, -0.25) is 4.79 Å². The van der Waals surface area contributed by atoms with Crippen molar-refractivity contribution in [3.05, 3.63) is 76.2 Å². The lowest BCUT2D eigenvalue weighted by Crippen LogP contribution is -2.15. The van der Waals surface area contributed by atoms with Crippen molar-refractivity contribution < 1.29 is 9.21 Å². The highest BCUT2D eigenvalue weighted by molar-refractivity contribution is 9.10. The fourth-order valence-electron chi connectivity index (χ4n) is 3.58. The lowest BCUT2D eigenvalue weighted by atomic mass is 10.1. The largest absolute Gasteiger partial charge is 0.444 e. The van der Waals surface area contributed by atoms with Crippen molar-refractivity contribution in [1.82, 2.24) is 29.5 Å². The van der Waals surface area contributed by atoms with Crippen LogP contribution in [0.3, 0.4) is 0 Å². The summed E-state index contributed by atoms with van der Waals surface area (Å²) in [4.78, 5) is 21.5. The average molecular weight is 492 g/mol. The minimum absolute atomic E-state index is 0.178. The third-order valence-corrected chi connectivity index (χ3v) is 5.42. The van der Waals surface area contributed by atoms with Crippen LogP contribution in [-0.4, -0.2) is 35.4 Å². The van der Waals surface area contributed by atoms with Gasteiger partial charge in [0, 0.05) is 6.07 Å². The van der Waals surface area contributed by atoms with E-state index in [2.05, 4.69) is 54.4 Å². The lowest BCUT2D eigenvalue weighted by Gasteiger charge is -2.09. The molecule has 0 aliphatic heterocycles. The Balaban J connectivity index is 1.59. The second kappa shape index (κ2) is 7.72. The molecule has 0 aliphatic rings. The summed E-state index contributed by atoms with van der Waals surface area (Å²) in [7, 11) is 0. The molecule has 9 nitrogen and oxygen atoms in total. The van der Waals surface area contributed by atoms with E-state index in [0.29, 0.717) is 27.3 Å². The van der Waals surface area contributed by atoms with Crippen LogP contribution >= 0.6 is 15.9 Å². The number of aryl methyl sites for hydroxylation is 3. The van der Waals surface area contributed by atoms with Crippen LogP contribution in [0.1, 0.15) is 27.4 Å². The molecule has 0 aliphatic carbocycles. The predicted molar refractivity (Wildman–Crippen MR) is 122 cm³/mol. The fraction of sp³-hybridized carbons (Fsp3) is 0.136. The van der Waals surface area contributed by atoms with Gasteiger partial charge >= 0.3 is 0 Å². The van der Waals surface area contributed by atoms with Crippen molar-refractivity contribution in [3.63, 3.8) is 0 Å². The van der Waals surface area contributed by atoms with Crippen LogP contribution in [0.25, 0.3) is 22.5 Å². The number of furan rings is 1. The van der Waals surface area contributed by atoms with Gasteiger partial charge in [-0.1, -0.05) is 17.7 Å². The number of anilines is 1. The van der Waals surface area contributed by atoms with E-state index in [0.717, 1.165) is 16.9 Å². The SMILES string of the molecule is Cc1ccc(-n2ncc3c(-n4nc(C)cc4NC(=O)c4ccc(Br)o4)ncnc32)c(C)c1. The van der Waals surface area contributed by atoms with E-state index in [9.17, 15) is 4.79 Å². The summed E-state index contributed by atoms with van der Waals surface area (Å²) < 4.78 is 9.18. The number of fused-ring (bicyclic) bond motifs is 1. The molecule has 10 heteroatoms. The van der Waals surface area contributed by atoms with Crippen LogP contribution in [0.5, 0.6) is 0 Å². The highest BCUT2D eigenvalue weighted by Gasteiger charge is 2.19. The Hall–Kier alpha value is -3.79. The summed E-state index contributed by atoms with van der Waals surface area (Å²) in [5, 5.41) is 12.6. The Morgan fingerprint density at radius 1 is 1.06 bits per heavy atom. The van der Waals surface area contributed by atoms with Crippen LogP contribution < -0.4 is 5.32 Å². The van der Waals surface area contributed by atoms with E-state index in [1.165, 1.54) is 11.9 Å². The zero-order valence-corrected chi connectivity index (χ0v) is 19.1. The minimum atomic E-state index is -0.395. The third-order valence-electron chi connectivity index (χ3n) is 5.00. The van der Waals surface area contributed by atoms with Gasteiger partial charge in [0.25, 0.3) is 5.91 Å². The Morgan fingerprint density at radius 2 is 1.91 bits per heavy atom. The Labute approximate surface area is 191 Å². The van der Waals surface area contributed by atoms with Gasteiger partial charge < -0.3 is 9.73 Å². The molecule has 1 N–H and O–H groups in total. The van der Waals surface area contributed by atoms with Gasteiger partial charge in [-0.05, 0) is 60.5 Å². The molecule has 0 radical (unpaired) electrons. The summed E-state index contributed by atoms with van der Waals surface area (Å²) in [6, 6.07) is 11.2. The first kappa shape index (κ1) is 20.1. The number of amides is 1. The molecule has 0 atom stereocenters. The van der Waals surface area contributed by atoms with Crippen LogP contribution in [-0.2, 0) is 0 Å². The molecule has 0 bridgehead atoms. The van der Waals surface area contributed by atoms with Gasteiger partial charge in [0.2, 0.25) is 0 Å². The molecular weight excluding hydrogens is 474 g/mol.